The summed E-state index contributed by atoms with van der Waals surface area (Å²) in [5.41, 5.74) is 1.77. The molecule has 8 nitrogen and oxygen atoms in total. The molecule has 2 aromatic carbocycles. The van der Waals surface area contributed by atoms with Crippen LogP contribution in [0.15, 0.2) is 41.5 Å². The fourth-order valence-electron chi connectivity index (χ4n) is 3.75. The first-order chi connectivity index (χ1) is 18.8. The molecule has 0 unspecified atom stereocenters. The molecule has 3 aromatic rings. The summed E-state index contributed by atoms with van der Waals surface area (Å²) in [4.78, 5) is 28.7. The number of carbonyl (C=O) groups excluding carboxylic acids is 1. The maximum Gasteiger partial charge on any atom is 0.371 e. The number of aliphatic carboxylic acids is 1. The van der Waals surface area contributed by atoms with Crippen LogP contribution in [0.25, 0.3) is 17.3 Å². The SMILES string of the molecule is CCCCCCCOc1cccc(-c2csc(NC(=O)c3cc(Cl)c(/C=C(/OC)C(=O)O)c(Cl)c3)n2)c1OC. The van der Waals surface area contributed by atoms with Crippen LogP contribution in [0.1, 0.15) is 54.9 Å². The molecule has 11 heteroatoms. The van der Waals surface area contributed by atoms with Crippen LogP contribution in [0, 0.1) is 0 Å². The number of rotatable bonds is 14. The van der Waals surface area contributed by atoms with Crippen molar-refractivity contribution in [3.63, 3.8) is 0 Å². The lowest BCUT2D eigenvalue weighted by Crippen LogP contribution is -2.12. The van der Waals surface area contributed by atoms with Gasteiger partial charge in [-0.1, -0.05) is 61.9 Å². The van der Waals surface area contributed by atoms with E-state index in [1.165, 1.54) is 55.9 Å². The number of carboxylic acid groups (broad SMARTS) is 1. The van der Waals surface area contributed by atoms with Gasteiger partial charge in [-0.2, -0.15) is 0 Å². The van der Waals surface area contributed by atoms with E-state index in [4.69, 9.17) is 42.5 Å². The Hall–Kier alpha value is -3.27. The van der Waals surface area contributed by atoms with Crippen molar-refractivity contribution in [1.82, 2.24) is 4.98 Å². The van der Waals surface area contributed by atoms with Gasteiger partial charge in [0, 0.05) is 22.1 Å². The van der Waals surface area contributed by atoms with Crippen molar-refractivity contribution >= 4 is 57.6 Å². The number of nitrogens with one attached hydrogen (secondary N) is 1. The molecule has 39 heavy (non-hydrogen) atoms. The number of anilines is 1. The molecule has 0 atom stereocenters. The van der Waals surface area contributed by atoms with Crippen LogP contribution in [0.5, 0.6) is 11.5 Å². The van der Waals surface area contributed by atoms with Gasteiger partial charge in [0.15, 0.2) is 16.6 Å². The molecule has 0 aliphatic rings. The number of thiazole rings is 1. The van der Waals surface area contributed by atoms with Crippen LogP contribution in [-0.4, -0.2) is 42.8 Å². The fraction of sp³-hybridized carbons (Fsp3) is 0.321. The Balaban J connectivity index is 1.74. The largest absolute Gasteiger partial charge is 0.492 e. The van der Waals surface area contributed by atoms with Crippen molar-refractivity contribution in [2.75, 3.05) is 26.1 Å². The third-order valence-corrected chi connectivity index (χ3v) is 7.12. The van der Waals surface area contributed by atoms with E-state index in [9.17, 15) is 9.59 Å². The molecule has 0 saturated carbocycles. The molecule has 0 fully saturated rings. The Morgan fingerprint density at radius 2 is 1.82 bits per heavy atom. The van der Waals surface area contributed by atoms with Gasteiger partial charge in [-0.25, -0.2) is 9.78 Å². The average Bonchev–Trinajstić information content (AvgIpc) is 3.38. The number of aromatic nitrogens is 1. The molecule has 0 radical (unpaired) electrons. The smallest absolute Gasteiger partial charge is 0.371 e. The lowest BCUT2D eigenvalue weighted by molar-refractivity contribution is -0.135. The summed E-state index contributed by atoms with van der Waals surface area (Å²) in [5.74, 6) is -0.881. The number of carbonyl (C=O) groups is 2. The first-order valence-electron chi connectivity index (χ1n) is 12.3. The highest BCUT2D eigenvalue weighted by Crippen LogP contribution is 2.39. The first-order valence-corrected chi connectivity index (χ1v) is 14.0. The van der Waals surface area contributed by atoms with Gasteiger partial charge in [0.25, 0.3) is 5.91 Å². The normalized spacial score (nSPS) is 11.3. The van der Waals surface area contributed by atoms with E-state index in [2.05, 4.69) is 17.2 Å². The first kappa shape index (κ1) is 30.3. The number of methoxy groups -OCH3 is 2. The number of nitrogens with zero attached hydrogens (tertiary/aromatic N) is 1. The summed E-state index contributed by atoms with van der Waals surface area (Å²) in [7, 11) is 2.81. The van der Waals surface area contributed by atoms with E-state index in [1.54, 1.807) is 7.11 Å². The van der Waals surface area contributed by atoms with Gasteiger partial charge in [0.05, 0.1) is 36.6 Å². The van der Waals surface area contributed by atoms with E-state index < -0.39 is 11.9 Å². The summed E-state index contributed by atoms with van der Waals surface area (Å²) in [6.07, 6.45) is 6.91. The quantitative estimate of drug-likeness (QED) is 0.112. The highest BCUT2D eigenvalue weighted by Gasteiger charge is 2.18. The van der Waals surface area contributed by atoms with Crippen molar-refractivity contribution in [3.8, 4) is 22.8 Å². The average molecular weight is 594 g/mol. The van der Waals surface area contributed by atoms with Crippen LogP contribution < -0.4 is 14.8 Å². The summed E-state index contributed by atoms with van der Waals surface area (Å²) in [5, 5.41) is 14.3. The Kier molecular flexibility index (Phi) is 11.5. The van der Waals surface area contributed by atoms with Gasteiger partial charge in [-0.15, -0.1) is 11.3 Å². The molecule has 208 valence electrons. The number of carboxylic acids is 1. The van der Waals surface area contributed by atoms with Crippen LogP contribution >= 0.6 is 34.5 Å². The van der Waals surface area contributed by atoms with E-state index >= 15 is 0 Å². The summed E-state index contributed by atoms with van der Waals surface area (Å²) >= 11 is 13.8. The Morgan fingerprint density at radius 3 is 2.46 bits per heavy atom. The summed E-state index contributed by atoms with van der Waals surface area (Å²) in [6.45, 7) is 2.79. The molecule has 1 heterocycles. The third kappa shape index (κ3) is 8.11. The predicted octanol–water partition coefficient (Wildman–Crippen LogP) is 7.80. The highest BCUT2D eigenvalue weighted by atomic mass is 35.5. The molecular weight excluding hydrogens is 563 g/mol. The predicted molar refractivity (Wildman–Crippen MR) is 155 cm³/mol. The second kappa shape index (κ2) is 14.8. The number of benzene rings is 2. The molecule has 0 spiro atoms. The van der Waals surface area contributed by atoms with Crippen LogP contribution in [0.4, 0.5) is 5.13 Å². The maximum atomic E-state index is 12.9. The summed E-state index contributed by atoms with van der Waals surface area (Å²) < 4.78 is 16.5. The Bertz CT molecular complexity index is 1320. The molecule has 0 saturated heterocycles. The summed E-state index contributed by atoms with van der Waals surface area (Å²) in [6, 6.07) is 8.41. The number of ether oxygens (including phenoxy) is 3. The molecule has 2 N–H and O–H groups in total. The Labute approximate surface area is 241 Å². The zero-order valence-corrected chi connectivity index (χ0v) is 24.2. The third-order valence-electron chi connectivity index (χ3n) is 5.74. The lowest BCUT2D eigenvalue weighted by atomic mass is 10.1. The van der Waals surface area contributed by atoms with E-state index in [0.29, 0.717) is 28.9 Å². The minimum Gasteiger partial charge on any atom is -0.492 e. The van der Waals surface area contributed by atoms with Gasteiger partial charge in [0.1, 0.15) is 0 Å². The number of hydrogen-bond acceptors (Lipinski definition) is 7. The number of hydrogen-bond donors (Lipinski definition) is 2. The van der Waals surface area contributed by atoms with Gasteiger partial charge in [0.2, 0.25) is 5.76 Å². The van der Waals surface area contributed by atoms with E-state index in [1.807, 2.05) is 23.6 Å². The van der Waals surface area contributed by atoms with Gasteiger partial charge in [-0.05, 0) is 36.8 Å². The molecular formula is C28H30Cl2N2O6S. The molecule has 0 bridgehead atoms. The highest BCUT2D eigenvalue weighted by molar-refractivity contribution is 7.14. The van der Waals surface area contributed by atoms with Crippen molar-refractivity contribution in [2.24, 2.45) is 0 Å². The topological polar surface area (TPSA) is 107 Å². The monoisotopic (exact) mass is 592 g/mol. The number of para-hydroxylation sites is 1. The van der Waals surface area contributed by atoms with Gasteiger partial charge < -0.3 is 19.3 Å². The van der Waals surface area contributed by atoms with Crippen LogP contribution in [0.3, 0.4) is 0 Å². The van der Waals surface area contributed by atoms with Gasteiger partial charge >= 0.3 is 5.97 Å². The van der Waals surface area contributed by atoms with E-state index in [0.717, 1.165) is 18.4 Å². The van der Waals surface area contributed by atoms with Crippen LogP contribution in [0.2, 0.25) is 10.0 Å². The standard InChI is InChI=1S/C28H30Cl2N2O6S/c1-4-5-6-7-8-12-38-23-11-9-10-18(25(23)37-3)22-16-39-28(31-22)32-26(33)17-13-20(29)19(21(30)14-17)15-24(36-2)27(34)35/h9-11,13-16H,4-8,12H2,1-3H3,(H,34,35)(H,31,32,33)/b24-15+. The maximum absolute atomic E-state index is 12.9. The second-order valence-corrected chi connectivity index (χ2v) is 10.1. The lowest BCUT2D eigenvalue weighted by Gasteiger charge is -2.13. The van der Waals surface area contributed by atoms with Crippen molar-refractivity contribution in [3.05, 3.63) is 62.6 Å². The van der Waals surface area contributed by atoms with Gasteiger partial charge in [-0.3, -0.25) is 10.1 Å². The zero-order chi connectivity index (χ0) is 28.4. The van der Waals surface area contributed by atoms with E-state index in [-0.39, 0.29) is 26.9 Å². The minimum absolute atomic E-state index is 0.0928. The fourth-order valence-corrected chi connectivity index (χ4v) is 5.05. The number of amides is 1. The van der Waals surface area contributed by atoms with Crippen molar-refractivity contribution in [2.45, 2.75) is 39.0 Å². The van der Waals surface area contributed by atoms with Crippen LogP contribution in [-0.2, 0) is 9.53 Å². The van der Waals surface area contributed by atoms with Crippen molar-refractivity contribution < 1.29 is 28.9 Å². The minimum atomic E-state index is -1.28. The number of halogens is 2. The zero-order valence-electron chi connectivity index (χ0n) is 21.9. The van der Waals surface area contributed by atoms with Crippen molar-refractivity contribution in [1.29, 1.82) is 0 Å². The Morgan fingerprint density at radius 1 is 1.10 bits per heavy atom. The molecule has 0 aliphatic heterocycles. The molecule has 1 amide bonds. The molecule has 1 aromatic heterocycles. The number of unbranched alkanes of at least 4 members (excludes halogenated alkanes) is 4. The second-order valence-electron chi connectivity index (χ2n) is 8.46. The molecule has 0 aliphatic carbocycles. The molecule has 3 rings (SSSR count).